The van der Waals surface area contributed by atoms with Crippen LogP contribution in [0, 0.1) is 5.41 Å². The molecule has 0 unspecified atom stereocenters. The van der Waals surface area contributed by atoms with Crippen LogP contribution in [0.15, 0.2) is 0 Å². The molecule has 0 aromatic carbocycles. The highest BCUT2D eigenvalue weighted by Gasteiger charge is 2.25. The summed E-state index contributed by atoms with van der Waals surface area (Å²) in [7, 11) is 1.75. The van der Waals surface area contributed by atoms with Gasteiger partial charge in [0, 0.05) is 25.7 Å². The Kier molecular flexibility index (Phi) is 7.20. The summed E-state index contributed by atoms with van der Waals surface area (Å²) < 4.78 is 5.36. The topological polar surface area (TPSA) is 41.5 Å². The predicted molar refractivity (Wildman–Crippen MR) is 68.7 cm³/mol. The van der Waals surface area contributed by atoms with Gasteiger partial charge >= 0.3 is 0 Å². The van der Waals surface area contributed by atoms with Crippen LogP contribution in [0.25, 0.3) is 0 Å². The summed E-state index contributed by atoms with van der Waals surface area (Å²) in [6.45, 7) is 10.5. The molecule has 0 aliphatic rings. The minimum absolute atomic E-state index is 0.0528. The average molecular weight is 231 g/mol. The Morgan fingerprint density at radius 3 is 2.12 bits per heavy atom. The predicted octanol–water partition coefficient (Wildman–Crippen LogP) is 2.19. The second-order valence-corrected chi connectivity index (χ2v) is 5.26. The Balaban J connectivity index is 3.88. The Labute approximate surface area is 101 Å². The molecule has 16 heavy (non-hydrogen) atoms. The molecule has 0 aliphatic heterocycles. The molecule has 0 fully saturated rings. The highest BCUT2D eigenvalue weighted by molar-refractivity contribution is 4.79. The van der Waals surface area contributed by atoms with Crippen molar-refractivity contribution in [3.63, 3.8) is 0 Å². The van der Waals surface area contributed by atoms with Crippen molar-refractivity contribution in [2.24, 2.45) is 5.41 Å². The average Bonchev–Trinajstić information content (AvgIpc) is 2.30. The molecule has 0 radical (unpaired) electrons. The van der Waals surface area contributed by atoms with Gasteiger partial charge in [-0.1, -0.05) is 13.8 Å². The molecule has 0 spiro atoms. The third-order valence-corrected chi connectivity index (χ3v) is 3.79. The van der Waals surface area contributed by atoms with E-state index in [2.05, 4.69) is 33.0 Å². The van der Waals surface area contributed by atoms with Crippen LogP contribution in [0.2, 0.25) is 0 Å². The zero-order valence-electron chi connectivity index (χ0n) is 11.6. The van der Waals surface area contributed by atoms with Crippen molar-refractivity contribution in [1.82, 2.24) is 5.32 Å². The molecule has 0 atom stereocenters. The number of hydrogen-bond acceptors (Lipinski definition) is 3. The van der Waals surface area contributed by atoms with Crippen molar-refractivity contribution in [3.8, 4) is 0 Å². The third kappa shape index (κ3) is 5.28. The minimum Gasteiger partial charge on any atom is -0.396 e. The van der Waals surface area contributed by atoms with E-state index < -0.39 is 0 Å². The fourth-order valence-corrected chi connectivity index (χ4v) is 1.62. The normalized spacial score (nSPS) is 13.1. The van der Waals surface area contributed by atoms with E-state index in [-0.39, 0.29) is 17.6 Å². The molecule has 2 N–H and O–H groups in total. The number of aliphatic hydroxyl groups is 1. The molecule has 0 rings (SSSR count). The van der Waals surface area contributed by atoms with Crippen LogP contribution >= 0.6 is 0 Å². The Hall–Kier alpha value is -0.120. The van der Waals surface area contributed by atoms with Crippen LogP contribution in [0.3, 0.4) is 0 Å². The molecule has 0 aromatic rings. The standard InChI is InChI=1S/C13H29NO2/c1-6-13(7-2,11-15)10-14-9-8-12(3,4)16-5/h14-15H,6-11H2,1-5H3. The lowest BCUT2D eigenvalue weighted by molar-refractivity contribution is 0.0147. The van der Waals surface area contributed by atoms with Gasteiger partial charge in [-0.25, -0.2) is 0 Å². The first-order valence-corrected chi connectivity index (χ1v) is 6.32. The lowest BCUT2D eigenvalue weighted by atomic mass is 9.83. The van der Waals surface area contributed by atoms with Gasteiger partial charge in [-0.3, -0.25) is 0 Å². The molecule has 98 valence electrons. The fourth-order valence-electron chi connectivity index (χ4n) is 1.62. The Morgan fingerprint density at radius 2 is 1.75 bits per heavy atom. The Bertz CT molecular complexity index is 169. The van der Waals surface area contributed by atoms with Gasteiger partial charge in [0.15, 0.2) is 0 Å². The molecular weight excluding hydrogens is 202 g/mol. The summed E-state index contributed by atoms with van der Waals surface area (Å²) in [5.41, 5.74) is -0.00941. The maximum Gasteiger partial charge on any atom is 0.0634 e. The lowest BCUT2D eigenvalue weighted by Gasteiger charge is -2.30. The highest BCUT2D eigenvalue weighted by atomic mass is 16.5. The third-order valence-electron chi connectivity index (χ3n) is 3.79. The first-order chi connectivity index (χ1) is 7.45. The summed E-state index contributed by atoms with van der Waals surface area (Å²) in [4.78, 5) is 0. The molecule has 0 saturated heterocycles. The van der Waals surface area contributed by atoms with Crippen molar-refractivity contribution < 1.29 is 9.84 Å². The maximum atomic E-state index is 9.42. The van der Waals surface area contributed by atoms with Crippen molar-refractivity contribution in [1.29, 1.82) is 0 Å². The van der Waals surface area contributed by atoms with Crippen LogP contribution in [-0.2, 0) is 4.74 Å². The van der Waals surface area contributed by atoms with E-state index in [0.717, 1.165) is 32.4 Å². The molecule has 0 saturated carbocycles. The molecule has 0 bridgehead atoms. The number of ether oxygens (including phenoxy) is 1. The largest absolute Gasteiger partial charge is 0.396 e. The molecule has 0 heterocycles. The van der Waals surface area contributed by atoms with Crippen LogP contribution in [-0.4, -0.2) is 37.5 Å². The van der Waals surface area contributed by atoms with Crippen LogP contribution in [0.5, 0.6) is 0 Å². The van der Waals surface area contributed by atoms with E-state index in [4.69, 9.17) is 4.74 Å². The summed E-state index contributed by atoms with van der Waals surface area (Å²) in [6, 6.07) is 0. The first-order valence-electron chi connectivity index (χ1n) is 6.32. The van der Waals surface area contributed by atoms with E-state index in [1.165, 1.54) is 0 Å². The monoisotopic (exact) mass is 231 g/mol. The summed E-state index contributed by atoms with van der Waals surface area (Å²) >= 11 is 0. The number of aliphatic hydroxyl groups excluding tert-OH is 1. The van der Waals surface area contributed by atoms with Crippen molar-refractivity contribution in [3.05, 3.63) is 0 Å². The van der Waals surface area contributed by atoms with Crippen LogP contribution in [0.1, 0.15) is 47.0 Å². The van der Waals surface area contributed by atoms with Gasteiger partial charge in [0.2, 0.25) is 0 Å². The van der Waals surface area contributed by atoms with Gasteiger partial charge in [-0.05, 0) is 39.7 Å². The molecule has 0 aliphatic carbocycles. The molecule has 3 heteroatoms. The van der Waals surface area contributed by atoms with Gasteiger partial charge in [-0.2, -0.15) is 0 Å². The number of rotatable bonds is 9. The zero-order chi connectivity index (χ0) is 12.7. The van der Waals surface area contributed by atoms with Crippen molar-refractivity contribution >= 4 is 0 Å². The maximum absolute atomic E-state index is 9.42. The fraction of sp³-hybridized carbons (Fsp3) is 1.00. The van der Waals surface area contributed by atoms with E-state index in [0.29, 0.717) is 0 Å². The smallest absolute Gasteiger partial charge is 0.0634 e. The van der Waals surface area contributed by atoms with Crippen molar-refractivity contribution in [2.45, 2.75) is 52.6 Å². The second kappa shape index (κ2) is 7.25. The van der Waals surface area contributed by atoms with E-state index in [9.17, 15) is 5.11 Å². The highest BCUT2D eigenvalue weighted by Crippen LogP contribution is 2.24. The number of methoxy groups -OCH3 is 1. The summed E-state index contributed by atoms with van der Waals surface area (Å²) in [5, 5.41) is 12.8. The van der Waals surface area contributed by atoms with Crippen LogP contribution < -0.4 is 5.32 Å². The Morgan fingerprint density at radius 1 is 1.19 bits per heavy atom. The van der Waals surface area contributed by atoms with Gasteiger partial charge < -0.3 is 15.2 Å². The minimum atomic E-state index is -0.0622. The first kappa shape index (κ1) is 15.9. The summed E-state index contributed by atoms with van der Waals surface area (Å²) in [6.07, 6.45) is 3.01. The zero-order valence-corrected chi connectivity index (χ0v) is 11.6. The van der Waals surface area contributed by atoms with E-state index in [1.807, 2.05) is 0 Å². The van der Waals surface area contributed by atoms with Gasteiger partial charge in [0.25, 0.3) is 0 Å². The second-order valence-electron chi connectivity index (χ2n) is 5.26. The SMILES string of the molecule is CCC(CC)(CO)CNCCC(C)(C)OC. The quantitative estimate of drug-likeness (QED) is 0.598. The van der Waals surface area contributed by atoms with Crippen molar-refractivity contribution in [2.75, 3.05) is 26.8 Å². The number of nitrogens with one attached hydrogen (secondary N) is 1. The molecule has 0 aromatic heterocycles. The van der Waals surface area contributed by atoms with Gasteiger partial charge in [0.05, 0.1) is 5.60 Å². The van der Waals surface area contributed by atoms with Gasteiger partial charge in [-0.15, -0.1) is 0 Å². The van der Waals surface area contributed by atoms with E-state index >= 15 is 0 Å². The number of hydrogen-bond donors (Lipinski definition) is 2. The molecule has 0 amide bonds. The lowest BCUT2D eigenvalue weighted by Crippen LogP contribution is -2.38. The van der Waals surface area contributed by atoms with E-state index in [1.54, 1.807) is 7.11 Å². The molecule has 3 nitrogen and oxygen atoms in total. The van der Waals surface area contributed by atoms with Gasteiger partial charge in [0.1, 0.15) is 0 Å². The summed E-state index contributed by atoms with van der Waals surface area (Å²) in [5.74, 6) is 0. The molecular formula is C13H29NO2. The van der Waals surface area contributed by atoms with Crippen LogP contribution in [0.4, 0.5) is 0 Å².